The zero-order valence-electron chi connectivity index (χ0n) is 11.9. The Morgan fingerprint density at radius 3 is 2.90 bits per heavy atom. The predicted molar refractivity (Wildman–Crippen MR) is 76.6 cm³/mol. The number of esters is 1. The van der Waals surface area contributed by atoms with Crippen molar-refractivity contribution in [3.8, 4) is 0 Å². The number of rotatable bonds is 3. The van der Waals surface area contributed by atoms with Crippen molar-refractivity contribution in [3.05, 3.63) is 29.6 Å². The van der Waals surface area contributed by atoms with Crippen LogP contribution in [0.1, 0.15) is 36.0 Å². The molecule has 1 atom stereocenters. The van der Waals surface area contributed by atoms with E-state index in [-0.39, 0.29) is 23.2 Å². The lowest BCUT2D eigenvalue weighted by Gasteiger charge is -2.17. The lowest BCUT2D eigenvalue weighted by Crippen LogP contribution is -2.40. The number of carbonyl (C=O) groups is 2. The van der Waals surface area contributed by atoms with E-state index in [4.69, 9.17) is 0 Å². The quantitative estimate of drug-likeness (QED) is 0.838. The number of carbonyl (C=O) groups excluding carboxylic acids is 2. The number of ether oxygens (including phenoxy) is 1. The van der Waals surface area contributed by atoms with Crippen LogP contribution in [0.3, 0.4) is 0 Å². The second kappa shape index (κ2) is 7.17. The monoisotopic (exact) mass is 294 g/mol. The summed E-state index contributed by atoms with van der Waals surface area (Å²) in [6.45, 7) is 0.783. The van der Waals surface area contributed by atoms with Crippen LogP contribution in [-0.4, -0.2) is 31.6 Å². The largest absolute Gasteiger partial charge is 0.465 e. The fourth-order valence-electron chi connectivity index (χ4n) is 2.38. The van der Waals surface area contributed by atoms with E-state index >= 15 is 0 Å². The molecule has 1 aliphatic heterocycles. The number of methoxy groups -OCH3 is 1. The van der Waals surface area contributed by atoms with Crippen molar-refractivity contribution in [2.24, 2.45) is 0 Å². The fourth-order valence-corrected chi connectivity index (χ4v) is 2.38. The molecular weight excluding hydrogens is 275 g/mol. The van der Waals surface area contributed by atoms with Crippen molar-refractivity contribution >= 4 is 17.6 Å². The zero-order chi connectivity index (χ0) is 15.2. The van der Waals surface area contributed by atoms with Gasteiger partial charge in [0.15, 0.2) is 0 Å². The van der Waals surface area contributed by atoms with Gasteiger partial charge in [0, 0.05) is 0 Å². The van der Waals surface area contributed by atoms with Crippen LogP contribution >= 0.6 is 0 Å². The lowest BCUT2D eigenvalue weighted by molar-refractivity contribution is -0.118. The lowest BCUT2D eigenvalue weighted by atomic mass is 10.1. The van der Waals surface area contributed by atoms with Crippen LogP contribution in [-0.2, 0) is 9.53 Å². The van der Waals surface area contributed by atoms with Crippen molar-refractivity contribution in [2.75, 3.05) is 19.0 Å². The first-order valence-electron chi connectivity index (χ1n) is 7.04. The van der Waals surface area contributed by atoms with Crippen LogP contribution in [0.25, 0.3) is 0 Å². The van der Waals surface area contributed by atoms with E-state index in [1.807, 2.05) is 0 Å². The van der Waals surface area contributed by atoms with Crippen molar-refractivity contribution in [3.63, 3.8) is 0 Å². The normalized spacial score (nSPS) is 18.7. The summed E-state index contributed by atoms with van der Waals surface area (Å²) in [5, 5.41) is 5.78. The third-order valence-corrected chi connectivity index (χ3v) is 3.52. The summed E-state index contributed by atoms with van der Waals surface area (Å²) in [6, 6.07) is 3.27. The standard InChI is InChI=1S/C15H19FN2O3/c1-21-15(20)11-7-6-10(16)9-13(11)18-14(19)12-5-3-2-4-8-17-12/h6-7,9,12,17H,2-5,8H2,1H3,(H,18,19). The topological polar surface area (TPSA) is 67.4 Å². The molecule has 2 rings (SSSR count). The summed E-state index contributed by atoms with van der Waals surface area (Å²) < 4.78 is 18.0. The van der Waals surface area contributed by atoms with Crippen LogP contribution < -0.4 is 10.6 Å². The van der Waals surface area contributed by atoms with E-state index in [0.717, 1.165) is 44.4 Å². The molecule has 0 bridgehead atoms. The highest BCUT2D eigenvalue weighted by molar-refractivity contribution is 6.02. The molecule has 1 aromatic carbocycles. The summed E-state index contributed by atoms with van der Waals surface area (Å²) >= 11 is 0. The van der Waals surface area contributed by atoms with Crippen LogP contribution in [0.4, 0.5) is 10.1 Å². The highest BCUT2D eigenvalue weighted by atomic mass is 19.1. The minimum Gasteiger partial charge on any atom is -0.465 e. The molecular formula is C15H19FN2O3. The summed E-state index contributed by atoms with van der Waals surface area (Å²) in [5.41, 5.74) is 0.277. The molecule has 2 N–H and O–H groups in total. The van der Waals surface area contributed by atoms with Gasteiger partial charge in [-0.15, -0.1) is 0 Å². The van der Waals surface area contributed by atoms with Gasteiger partial charge in [0.1, 0.15) is 5.82 Å². The van der Waals surface area contributed by atoms with Crippen LogP contribution in [0.5, 0.6) is 0 Å². The molecule has 0 aromatic heterocycles. The Morgan fingerprint density at radius 1 is 1.33 bits per heavy atom. The molecule has 0 aliphatic carbocycles. The van der Waals surface area contributed by atoms with E-state index in [2.05, 4.69) is 15.4 Å². The predicted octanol–water partition coefficient (Wildman–Crippen LogP) is 2.08. The summed E-state index contributed by atoms with van der Waals surface area (Å²) in [7, 11) is 1.24. The molecule has 0 spiro atoms. The number of hydrogen-bond acceptors (Lipinski definition) is 4. The Labute approximate surface area is 122 Å². The van der Waals surface area contributed by atoms with Crippen molar-refractivity contribution in [1.29, 1.82) is 0 Å². The summed E-state index contributed by atoms with van der Waals surface area (Å²) in [4.78, 5) is 23.9. The molecule has 21 heavy (non-hydrogen) atoms. The highest BCUT2D eigenvalue weighted by Crippen LogP contribution is 2.19. The van der Waals surface area contributed by atoms with E-state index in [9.17, 15) is 14.0 Å². The van der Waals surface area contributed by atoms with E-state index in [1.54, 1.807) is 0 Å². The van der Waals surface area contributed by atoms with Crippen LogP contribution in [0, 0.1) is 5.82 Å². The second-order valence-electron chi connectivity index (χ2n) is 5.03. The molecule has 1 heterocycles. The number of hydrogen-bond donors (Lipinski definition) is 2. The number of benzene rings is 1. The molecule has 114 valence electrons. The maximum Gasteiger partial charge on any atom is 0.339 e. The van der Waals surface area contributed by atoms with Crippen molar-refractivity contribution in [1.82, 2.24) is 5.32 Å². The number of halogens is 1. The van der Waals surface area contributed by atoms with Crippen molar-refractivity contribution in [2.45, 2.75) is 31.7 Å². The minimum atomic E-state index is -0.612. The average Bonchev–Trinajstić information content (AvgIpc) is 2.76. The Kier molecular flexibility index (Phi) is 5.27. The molecule has 0 radical (unpaired) electrons. The maximum atomic E-state index is 13.4. The van der Waals surface area contributed by atoms with Gasteiger partial charge in [0.05, 0.1) is 24.4 Å². The Bertz CT molecular complexity index is 526. The van der Waals surface area contributed by atoms with Gasteiger partial charge >= 0.3 is 5.97 Å². The van der Waals surface area contributed by atoms with Gasteiger partial charge < -0.3 is 15.4 Å². The highest BCUT2D eigenvalue weighted by Gasteiger charge is 2.22. The SMILES string of the molecule is COC(=O)c1ccc(F)cc1NC(=O)C1CCCCCN1. The first-order chi connectivity index (χ1) is 10.1. The molecule has 1 amide bonds. The van der Waals surface area contributed by atoms with Crippen LogP contribution in [0.2, 0.25) is 0 Å². The van der Waals surface area contributed by atoms with Gasteiger partial charge in [0.25, 0.3) is 0 Å². The van der Waals surface area contributed by atoms with Gasteiger partial charge in [-0.2, -0.15) is 0 Å². The smallest absolute Gasteiger partial charge is 0.339 e. The minimum absolute atomic E-state index is 0.137. The maximum absolute atomic E-state index is 13.4. The fraction of sp³-hybridized carbons (Fsp3) is 0.467. The molecule has 6 heteroatoms. The van der Waals surface area contributed by atoms with Gasteiger partial charge in [-0.05, 0) is 37.6 Å². The third-order valence-electron chi connectivity index (χ3n) is 3.52. The second-order valence-corrected chi connectivity index (χ2v) is 5.03. The van der Waals surface area contributed by atoms with E-state index in [0.29, 0.717) is 0 Å². The van der Waals surface area contributed by atoms with E-state index in [1.165, 1.54) is 13.2 Å². The van der Waals surface area contributed by atoms with Crippen LogP contribution in [0.15, 0.2) is 18.2 Å². The molecule has 1 fully saturated rings. The molecule has 5 nitrogen and oxygen atoms in total. The van der Waals surface area contributed by atoms with Gasteiger partial charge in [0.2, 0.25) is 5.91 Å². The summed E-state index contributed by atoms with van der Waals surface area (Å²) in [6.07, 6.45) is 3.83. The van der Waals surface area contributed by atoms with E-state index < -0.39 is 11.8 Å². The zero-order valence-corrected chi connectivity index (χ0v) is 11.9. The Morgan fingerprint density at radius 2 is 2.14 bits per heavy atom. The number of amides is 1. The molecule has 0 saturated carbocycles. The molecule has 1 saturated heterocycles. The van der Waals surface area contributed by atoms with Gasteiger partial charge in [-0.3, -0.25) is 4.79 Å². The molecule has 1 aromatic rings. The summed E-state index contributed by atoms with van der Waals surface area (Å²) in [5.74, 6) is -1.39. The first kappa shape index (κ1) is 15.4. The molecule has 1 aliphatic rings. The van der Waals surface area contributed by atoms with Gasteiger partial charge in [-0.25, -0.2) is 9.18 Å². The Hall–Kier alpha value is -1.95. The van der Waals surface area contributed by atoms with Gasteiger partial charge in [-0.1, -0.05) is 12.8 Å². The van der Waals surface area contributed by atoms with Crippen molar-refractivity contribution < 1.29 is 18.7 Å². The number of anilines is 1. The Balaban J connectivity index is 2.15. The number of nitrogens with one attached hydrogen (secondary N) is 2. The molecule has 1 unspecified atom stereocenters. The first-order valence-corrected chi connectivity index (χ1v) is 7.04. The third kappa shape index (κ3) is 4.01. The average molecular weight is 294 g/mol.